The quantitative estimate of drug-likeness (QED) is 0.624. The van der Waals surface area contributed by atoms with E-state index in [0.29, 0.717) is 17.5 Å². The van der Waals surface area contributed by atoms with Crippen LogP contribution in [-0.4, -0.2) is 29.8 Å². The van der Waals surface area contributed by atoms with Gasteiger partial charge in [0.25, 0.3) is 0 Å². The maximum absolute atomic E-state index is 11.9. The fourth-order valence-corrected chi connectivity index (χ4v) is 1.88. The third-order valence-corrected chi connectivity index (χ3v) is 2.60. The van der Waals surface area contributed by atoms with E-state index in [9.17, 15) is 9.59 Å². The third-order valence-electron chi connectivity index (χ3n) is 2.60. The summed E-state index contributed by atoms with van der Waals surface area (Å²) in [5.74, 6) is 4.75. The Morgan fingerprint density at radius 2 is 1.74 bits per heavy atom. The predicted octanol–water partition coefficient (Wildman–Crippen LogP) is 1.51. The number of nitrogens with two attached hydrogens (primary N) is 1. The van der Waals surface area contributed by atoms with Crippen LogP contribution in [0.5, 0.6) is 0 Å². The molecule has 2 N–H and O–H groups in total. The molecule has 6 heteroatoms. The highest BCUT2D eigenvalue weighted by atomic mass is 16.5. The normalized spacial score (nSPS) is 10.3. The van der Waals surface area contributed by atoms with Crippen molar-refractivity contribution in [3.8, 4) is 0 Å². The summed E-state index contributed by atoms with van der Waals surface area (Å²) in [6.07, 6.45) is 2.75. The Labute approximate surface area is 112 Å². The zero-order valence-electron chi connectivity index (χ0n) is 11.6. The van der Waals surface area contributed by atoms with Crippen molar-refractivity contribution in [1.29, 1.82) is 0 Å². The highest BCUT2D eigenvalue weighted by Crippen LogP contribution is 2.20. The van der Waals surface area contributed by atoms with Gasteiger partial charge in [-0.1, -0.05) is 13.3 Å². The number of rotatable bonds is 6. The van der Waals surface area contributed by atoms with Gasteiger partial charge in [-0.15, -0.1) is 0 Å². The molecule has 19 heavy (non-hydrogen) atoms. The molecule has 6 nitrogen and oxygen atoms in total. The zero-order chi connectivity index (χ0) is 14.4. The molecule has 0 amide bonds. The van der Waals surface area contributed by atoms with Crippen LogP contribution in [0.25, 0.3) is 0 Å². The Hall–Kier alpha value is -1.98. The smallest absolute Gasteiger partial charge is 0.357 e. The monoisotopic (exact) mass is 268 g/mol. The van der Waals surface area contributed by atoms with Crippen LogP contribution in [0.15, 0.2) is 6.20 Å². The van der Waals surface area contributed by atoms with E-state index in [4.69, 9.17) is 15.3 Å². The molecule has 1 rings (SSSR count). The molecule has 0 bridgehead atoms. The lowest BCUT2D eigenvalue weighted by Gasteiger charge is -2.07. The predicted molar refractivity (Wildman–Crippen MR) is 70.5 cm³/mol. The van der Waals surface area contributed by atoms with Crippen molar-refractivity contribution in [2.24, 2.45) is 0 Å². The van der Waals surface area contributed by atoms with Gasteiger partial charge in [0.05, 0.1) is 18.8 Å². The van der Waals surface area contributed by atoms with Crippen molar-refractivity contribution in [2.45, 2.75) is 33.6 Å². The Kier molecular flexibility index (Phi) is 5.41. The van der Waals surface area contributed by atoms with Crippen molar-refractivity contribution >= 4 is 11.9 Å². The summed E-state index contributed by atoms with van der Waals surface area (Å²) >= 11 is 0. The second-order valence-corrected chi connectivity index (χ2v) is 3.97. The molecular formula is C13H20N2O4. The molecule has 0 saturated heterocycles. The zero-order valence-corrected chi connectivity index (χ0v) is 11.6. The van der Waals surface area contributed by atoms with Gasteiger partial charge in [-0.05, 0) is 20.3 Å². The number of esters is 2. The summed E-state index contributed by atoms with van der Waals surface area (Å²) in [6, 6.07) is 0. The number of nitrogens with zero attached hydrogens (tertiary/aromatic N) is 1. The maximum atomic E-state index is 11.9. The van der Waals surface area contributed by atoms with Gasteiger partial charge in [-0.3, -0.25) is 4.68 Å². The lowest BCUT2D eigenvalue weighted by atomic mass is 10.1. The van der Waals surface area contributed by atoms with E-state index in [1.807, 2.05) is 6.92 Å². The first-order chi connectivity index (χ1) is 9.06. The van der Waals surface area contributed by atoms with E-state index < -0.39 is 11.9 Å². The van der Waals surface area contributed by atoms with Crippen molar-refractivity contribution in [1.82, 2.24) is 4.68 Å². The fourth-order valence-electron chi connectivity index (χ4n) is 1.88. The first-order valence-corrected chi connectivity index (χ1v) is 6.40. The number of hydrogen-bond acceptors (Lipinski definition) is 5. The summed E-state index contributed by atoms with van der Waals surface area (Å²) in [5, 5.41) is 0. The van der Waals surface area contributed by atoms with E-state index in [0.717, 1.165) is 11.1 Å². The molecule has 0 aliphatic heterocycles. The van der Waals surface area contributed by atoms with Crippen molar-refractivity contribution in [3.63, 3.8) is 0 Å². The summed E-state index contributed by atoms with van der Waals surface area (Å²) in [7, 11) is 0. The van der Waals surface area contributed by atoms with Gasteiger partial charge in [-0.25, -0.2) is 9.59 Å². The molecule has 0 aromatic carbocycles. The largest absolute Gasteiger partial charge is 0.462 e. The molecule has 0 fully saturated rings. The number of ether oxygens (including phenoxy) is 2. The summed E-state index contributed by atoms with van der Waals surface area (Å²) < 4.78 is 11.1. The Bertz CT molecular complexity index is 465. The van der Waals surface area contributed by atoms with E-state index in [-0.39, 0.29) is 18.9 Å². The van der Waals surface area contributed by atoms with Crippen LogP contribution in [-0.2, 0) is 15.9 Å². The topological polar surface area (TPSA) is 83.5 Å². The number of aromatic nitrogens is 1. The minimum absolute atomic E-state index is 0.215. The SMILES string of the molecule is CCCc1c(C(=O)OCC)cn(N)c1C(=O)OCC. The second-order valence-electron chi connectivity index (χ2n) is 3.97. The standard InChI is InChI=1S/C13H20N2O4/c1-4-7-9-10(12(16)18-5-2)8-15(14)11(9)13(17)19-6-3/h8H,4-7,14H2,1-3H3. The van der Waals surface area contributed by atoms with Crippen LogP contribution >= 0.6 is 0 Å². The average molecular weight is 268 g/mol. The second kappa shape index (κ2) is 6.82. The average Bonchev–Trinajstić information content (AvgIpc) is 2.67. The van der Waals surface area contributed by atoms with Crippen LogP contribution in [0.1, 0.15) is 53.6 Å². The number of carbonyl (C=O) groups is 2. The van der Waals surface area contributed by atoms with E-state index in [1.54, 1.807) is 13.8 Å². The molecule has 0 unspecified atom stereocenters. The van der Waals surface area contributed by atoms with Gasteiger partial charge in [0, 0.05) is 11.8 Å². The van der Waals surface area contributed by atoms with E-state index in [2.05, 4.69) is 0 Å². The molecule has 0 atom stereocenters. The molecule has 1 aromatic heterocycles. The van der Waals surface area contributed by atoms with Gasteiger partial charge in [-0.2, -0.15) is 0 Å². The summed E-state index contributed by atoms with van der Waals surface area (Å²) in [4.78, 5) is 23.7. The Morgan fingerprint density at radius 1 is 1.16 bits per heavy atom. The maximum Gasteiger partial charge on any atom is 0.357 e. The summed E-state index contributed by atoms with van der Waals surface area (Å²) in [5.41, 5.74) is 1.13. The minimum Gasteiger partial charge on any atom is -0.462 e. The molecule has 0 saturated carbocycles. The number of hydrogen-bond donors (Lipinski definition) is 1. The highest BCUT2D eigenvalue weighted by molar-refractivity contribution is 5.97. The van der Waals surface area contributed by atoms with Crippen LogP contribution in [0.4, 0.5) is 0 Å². The van der Waals surface area contributed by atoms with Crippen LogP contribution in [0.3, 0.4) is 0 Å². The van der Waals surface area contributed by atoms with Crippen molar-refractivity contribution < 1.29 is 19.1 Å². The van der Waals surface area contributed by atoms with Crippen LogP contribution in [0, 0.1) is 0 Å². The van der Waals surface area contributed by atoms with Crippen LogP contribution in [0.2, 0.25) is 0 Å². The number of nitrogen functional groups attached to an aromatic ring is 1. The van der Waals surface area contributed by atoms with Gasteiger partial charge in [0.15, 0.2) is 5.69 Å². The molecule has 0 aliphatic rings. The van der Waals surface area contributed by atoms with Gasteiger partial charge < -0.3 is 15.3 Å². The third kappa shape index (κ3) is 3.27. The number of carbonyl (C=O) groups excluding carboxylic acids is 2. The molecular weight excluding hydrogens is 248 g/mol. The van der Waals surface area contributed by atoms with Crippen molar-refractivity contribution in [2.75, 3.05) is 19.1 Å². The van der Waals surface area contributed by atoms with Crippen molar-refractivity contribution in [3.05, 3.63) is 23.0 Å². The molecule has 1 heterocycles. The molecule has 0 radical (unpaired) electrons. The first-order valence-electron chi connectivity index (χ1n) is 6.40. The minimum atomic E-state index is -0.524. The Morgan fingerprint density at radius 3 is 2.26 bits per heavy atom. The molecule has 0 spiro atoms. The Balaban J connectivity index is 3.23. The fraction of sp³-hybridized carbons (Fsp3) is 0.538. The lowest BCUT2D eigenvalue weighted by molar-refractivity contribution is 0.0514. The van der Waals surface area contributed by atoms with Crippen LogP contribution < -0.4 is 5.84 Å². The van der Waals surface area contributed by atoms with Gasteiger partial charge in [0.2, 0.25) is 0 Å². The van der Waals surface area contributed by atoms with E-state index in [1.165, 1.54) is 6.20 Å². The highest BCUT2D eigenvalue weighted by Gasteiger charge is 2.25. The lowest BCUT2D eigenvalue weighted by Crippen LogP contribution is -2.18. The molecule has 106 valence electrons. The first kappa shape index (κ1) is 15.1. The van der Waals surface area contributed by atoms with E-state index >= 15 is 0 Å². The molecule has 1 aromatic rings. The van der Waals surface area contributed by atoms with Gasteiger partial charge in [0.1, 0.15) is 0 Å². The molecule has 0 aliphatic carbocycles. The van der Waals surface area contributed by atoms with Gasteiger partial charge >= 0.3 is 11.9 Å². The summed E-state index contributed by atoms with van der Waals surface area (Å²) in [6.45, 7) is 5.92.